The molecule has 0 spiro atoms. The molecule has 146 valence electrons. The zero-order valence-corrected chi connectivity index (χ0v) is 15.5. The van der Waals surface area contributed by atoms with Crippen molar-refractivity contribution in [1.82, 2.24) is 0 Å². The van der Waals surface area contributed by atoms with Gasteiger partial charge in [0.2, 0.25) is 0 Å². The highest BCUT2D eigenvalue weighted by atomic mass is 16.7. The largest absolute Gasteiger partial charge is 0.465 e. The van der Waals surface area contributed by atoms with E-state index in [0.717, 1.165) is 45.1 Å². The summed E-state index contributed by atoms with van der Waals surface area (Å²) in [6, 6.07) is 0. The van der Waals surface area contributed by atoms with E-state index >= 15 is 0 Å². The Bertz CT molecular complexity index is 512. The maximum atomic E-state index is 12.5. The monoisotopic (exact) mass is 366 g/mol. The Labute approximate surface area is 155 Å². The van der Waals surface area contributed by atoms with Crippen molar-refractivity contribution in [2.75, 3.05) is 19.8 Å². The molecule has 26 heavy (non-hydrogen) atoms. The lowest BCUT2D eigenvalue weighted by molar-refractivity contribution is -0.143. The maximum absolute atomic E-state index is 12.5. The zero-order valence-electron chi connectivity index (χ0n) is 15.5. The van der Waals surface area contributed by atoms with Crippen molar-refractivity contribution in [2.24, 2.45) is 0 Å². The number of rotatable bonds is 8. The smallest absolute Gasteiger partial charge is 0.338 e. The van der Waals surface area contributed by atoms with Crippen LogP contribution in [0.5, 0.6) is 0 Å². The summed E-state index contributed by atoms with van der Waals surface area (Å²) < 4.78 is 29.0. The normalized spacial score (nSPS) is 32.6. The number of hydrogen-bond acceptors (Lipinski definition) is 6. The van der Waals surface area contributed by atoms with Crippen LogP contribution in [0.1, 0.15) is 64.2 Å². The van der Waals surface area contributed by atoms with E-state index < -0.39 is 0 Å². The van der Waals surface area contributed by atoms with Gasteiger partial charge in [-0.1, -0.05) is 12.8 Å². The van der Waals surface area contributed by atoms with Crippen LogP contribution in [0.4, 0.5) is 0 Å². The molecule has 0 aromatic carbocycles. The molecular formula is C20H30O6. The summed E-state index contributed by atoms with van der Waals surface area (Å²) in [6.45, 7) is 2.07. The van der Waals surface area contributed by atoms with Gasteiger partial charge in [-0.25, -0.2) is 4.79 Å². The van der Waals surface area contributed by atoms with E-state index in [1.54, 1.807) is 0 Å². The molecule has 1 aliphatic carbocycles. The molecule has 3 aliphatic heterocycles. The summed E-state index contributed by atoms with van der Waals surface area (Å²) >= 11 is 0. The number of carbonyl (C=O) groups excluding carboxylic acids is 1. The fourth-order valence-electron chi connectivity index (χ4n) is 4.28. The van der Waals surface area contributed by atoms with Gasteiger partial charge in [0.1, 0.15) is 0 Å². The van der Waals surface area contributed by atoms with Crippen LogP contribution in [0.25, 0.3) is 0 Å². The standard InChI is InChI=1S/C20H30O6/c21-20-16(13-15-7-3-10-22-15)19(26-18-8-4-11-24-18)17(25-20)9-12-23-14-5-1-2-6-14/h14-15,17-18H,1-13H2. The summed E-state index contributed by atoms with van der Waals surface area (Å²) in [6.07, 6.45) is 9.71. The van der Waals surface area contributed by atoms with Crippen LogP contribution in [0.3, 0.4) is 0 Å². The predicted molar refractivity (Wildman–Crippen MR) is 93.4 cm³/mol. The lowest BCUT2D eigenvalue weighted by Crippen LogP contribution is -2.21. The Morgan fingerprint density at radius 1 is 0.962 bits per heavy atom. The van der Waals surface area contributed by atoms with Crippen molar-refractivity contribution in [1.29, 1.82) is 0 Å². The van der Waals surface area contributed by atoms with Gasteiger partial charge in [0.15, 0.2) is 18.2 Å². The first-order valence-electron chi connectivity index (χ1n) is 10.2. The van der Waals surface area contributed by atoms with Crippen molar-refractivity contribution in [3.8, 4) is 0 Å². The van der Waals surface area contributed by atoms with Crippen LogP contribution in [0.2, 0.25) is 0 Å². The Hall–Kier alpha value is -1.11. The van der Waals surface area contributed by atoms with Gasteiger partial charge in [-0.15, -0.1) is 0 Å². The fraction of sp³-hybridized carbons (Fsp3) is 0.850. The van der Waals surface area contributed by atoms with Crippen molar-refractivity contribution < 1.29 is 28.5 Å². The van der Waals surface area contributed by atoms with E-state index in [0.29, 0.717) is 43.5 Å². The molecule has 2 saturated heterocycles. The molecule has 6 nitrogen and oxygen atoms in total. The maximum Gasteiger partial charge on any atom is 0.338 e. The number of esters is 1. The van der Waals surface area contributed by atoms with Gasteiger partial charge in [0.25, 0.3) is 0 Å². The first-order chi connectivity index (χ1) is 12.8. The molecule has 4 aliphatic rings. The van der Waals surface area contributed by atoms with Gasteiger partial charge in [-0.05, 0) is 32.1 Å². The molecule has 3 unspecified atom stereocenters. The number of carbonyl (C=O) groups is 1. The zero-order chi connectivity index (χ0) is 17.8. The van der Waals surface area contributed by atoms with Crippen molar-refractivity contribution >= 4 is 5.97 Å². The third-order valence-corrected chi connectivity index (χ3v) is 5.72. The van der Waals surface area contributed by atoms with E-state index in [4.69, 9.17) is 23.7 Å². The highest BCUT2D eigenvalue weighted by Gasteiger charge is 2.39. The second-order valence-corrected chi connectivity index (χ2v) is 7.70. The van der Waals surface area contributed by atoms with Gasteiger partial charge in [-0.3, -0.25) is 0 Å². The van der Waals surface area contributed by atoms with E-state index in [9.17, 15) is 4.79 Å². The minimum atomic E-state index is -0.357. The van der Waals surface area contributed by atoms with E-state index in [-0.39, 0.29) is 24.5 Å². The molecule has 0 amide bonds. The SMILES string of the molecule is O=C1OC(CCOC2CCCC2)C(OC2CCCO2)=C1CC1CCCO1. The molecule has 0 radical (unpaired) electrons. The Morgan fingerprint density at radius 3 is 2.50 bits per heavy atom. The van der Waals surface area contributed by atoms with Gasteiger partial charge >= 0.3 is 5.97 Å². The third-order valence-electron chi connectivity index (χ3n) is 5.72. The third kappa shape index (κ3) is 4.41. The molecule has 0 N–H and O–H groups in total. The van der Waals surface area contributed by atoms with Crippen molar-refractivity contribution in [2.45, 2.75) is 88.8 Å². The summed E-state index contributed by atoms with van der Waals surface area (Å²) in [5, 5.41) is 0. The quantitative estimate of drug-likeness (QED) is 0.615. The molecule has 3 heterocycles. The van der Waals surface area contributed by atoms with Gasteiger partial charge in [0.05, 0.1) is 31.0 Å². The molecule has 0 aromatic heterocycles. The van der Waals surface area contributed by atoms with Gasteiger partial charge < -0.3 is 23.7 Å². The van der Waals surface area contributed by atoms with Crippen LogP contribution < -0.4 is 0 Å². The van der Waals surface area contributed by atoms with Gasteiger partial charge in [0, 0.05) is 25.9 Å². The predicted octanol–water partition coefficient (Wildman–Crippen LogP) is 3.24. The average molecular weight is 366 g/mol. The first kappa shape index (κ1) is 18.3. The molecule has 3 fully saturated rings. The van der Waals surface area contributed by atoms with E-state index in [1.165, 1.54) is 12.8 Å². The fourth-order valence-corrected chi connectivity index (χ4v) is 4.28. The van der Waals surface area contributed by atoms with Gasteiger partial charge in [-0.2, -0.15) is 0 Å². The summed E-state index contributed by atoms with van der Waals surface area (Å²) in [5.41, 5.74) is 0.637. The Balaban J connectivity index is 1.40. The molecular weight excluding hydrogens is 336 g/mol. The van der Waals surface area contributed by atoms with Crippen molar-refractivity contribution in [3.05, 3.63) is 11.3 Å². The molecule has 0 bridgehead atoms. The van der Waals surface area contributed by atoms with Crippen molar-refractivity contribution in [3.63, 3.8) is 0 Å². The molecule has 4 rings (SSSR count). The van der Waals surface area contributed by atoms with Crippen LogP contribution >= 0.6 is 0 Å². The summed E-state index contributed by atoms with van der Waals surface area (Å²) in [4.78, 5) is 12.5. The van der Waals surface area contributed by atoms with E-state index in [1.807, 2.05) is 0 Å². The van der Waals surface area contributed by atoms with E-state index in [2.05, 4.69) is 0 Å². The highest BCUT2D eigenvalue weighted by molar-refractivity contribution is 5.91. The molecule has 6 heteroatoms. The second-order valence-electron chi connectivity index (χ2n) is 7.70. The number of cyclic esters (lactones) is 1. The lowest BCUT2D eigenvalue weighted by Gasteiger charge is -2.20. The average Bonchev–Trinajstić information content (AvgIpc) is 3.42. The first-order valence-corrected chi connectivity index (χ1v) is 10.2. The second kappa shape index (κ2) is 8.72. The number of ether oxygens (including phenoxy) is 5. The Kier molecular flexibility index (Phi) is 6.12. The van der Waals surface area contributed by atoms with Crippen LogP contribution in [0, 0.1) is 0 Å². The highest BCUT2D eigenvalue weighted by Crippen LogP contribution is 2.34. The molecule has 0 aromatic rings. The van der Waals surface area contributed by atoms with Crippen LogP contribution in [0.15, 0.2) is 11.3 Å². The van der Waals surface area contributed by atoms with Crippen LogP contribution in [-0.2, 0) is 28.5 Å². The molecule has 3 atom stereocenters. The topological polar surface area (TPSA) is 63.2 Å². The Morgan fingerprint density at radius 2 is 1.77 bits per heavy atom. The minimum absolute atomic E-state index is 0.0918. The van der Waals surface area contributed by atoms with Crippen LogP contribution in [-0.4, -0.2) is 50.4 Å². The summed E-state index contributed by atoms with van der Waals surface area (Å²) in [5.74, 6) is 0.395. The molecule has 1 saturated carbocycles. The minimum Gasteiger partial charge on any atom is -0.465 e. The summed E-state index contributed by atoms with van der Waals surface area (Å²) in [7, 11) is 0. The lowest BCUT2D eigenvalue weighted by atomic mass is 10.0. The number of hydrogen-bond donors (Lipinski definition) is 0.